The monoisotopic (exact) mass is 207 g/mol. The second kappa shape index (κ2) is 6.46. The number of hydrogen-bond acceptors (Lipinski definition) is 2. The van der Waals surface area contributed by atoms with E-state index < -0.39 is 0 Å². The Morgan fingerprint density at radius 1 is 1.33 bits per heavy atom. The lowest BCUT2D eigenvalue weighted by atomic mass is 10.1. The number of unbranched alkanes of at least 4 members (excludes halogenated alkanes) is 1. The molecule has 0 radical (unpaired) electrons. The van der Waals surface area contributed by atoms with Gasteiger partial charge in [0.05, 0.1) is 7.11 Å². The number of benzene rings is 1. The summed E-state index contributed by atoms with van der Waals surface area (Å²) in [6.45, 7) is 5.44. The predicted octanol–water partition coefficient (Wildman–Crippen LogP) is 3.15. The summed E-state index contributed by atoms with van der Waals surface area (Å²) in [6.07, 6.45) is 2.45. The van der Waals surface area contributed by atoms with Gasteiger partial charge < -0.3 is 10.1 Å². The molecule has 2 nitrogen and oxygen atoms in total. The number of nitrogens with one attached hydrogen (secondary N) is 1. The summed E-state index contributed by atoms with van der Waals surface area (Å²) >= 11 is 0. The molecule has 1 aromatic rings. The van der Waals surface area contributed by atoms with Gasteiger partial charge in [-0.3, -0.25) is 0 Å². The van der Waals surface area contributed by atoms with Gasteiger partial charge in [0.25, 0.3) is 0 Å². The zero-order chi connectivity index (χ0) is 11.1. The van der Waals surface area contributed by atoms with Crippen molar-refractivity contribution in [3.8, 4) is 5.75 Å². The van der Waals surface area contributed by atoms with Crippen molar-refractivity contribution in [2.45, 2.75) is 32.7 Å². The smallest absolute Gasteiger partial charge is 0.123 e. The molecule has 0 saturated heterocycles. The van der Waals surface area contributed by atoms with E-state index in [4.69, 9.17) is 4.74 Å². The minimum Gasteiger partial charge on any atom is -0.496 e. The fourth-order valence-electron chi connectivity index (χ4n) is 1.63. The van der Waals surface area contributed by atoms with Gasteiger partial charge in [-0.2, -0.15) is 0 Å². The third-order valence-corrected chi connectivity index (χ3v) is 2.59. The van der Waals surface area contributed by atoms with Crippen LogP contribution in [0.2, 0.25) is 0 Å². The van der Waals surface area contributed by atoms with E-state index in [1.54, 1.807) is 7.11 Å². The molecule has 1 rings (SSSR count). The molecule has 0 saturated carbocycles. The lowest BCUT2D eigenvalue weighted by Gasteiger charge is -2.16. The standard InChI is InChI=1S/C13H21NO/c1-4-5-10-14-11(2)12-8-6-7-9-13(12)15-3/h6-9,11,14H,4-5,10H2,1-3H3/t11-/m1/s1. The summed E-state index contributed by atoms with van der Waals surface area (Å²) in [5, 5.41) is 3.49. The van der Waals surface area contributed by atoms with E-state index in [1.165, 1.54) is 18.4 Å². The van der Waals surface area contributed by atoms with E-state index in [0.29, 0.717) is 6.04 Å². The third-order valence-electron chi connectivity index (χ3n) is 2.59. The number of hydrogen-bond donors (Lipinski definition) is 1. The highest BCUT2D eigenvalue weighted by Gasteiger charge is 2.08. The summed E-state index contributed by atoms with van der Waals surface area (Å²) in [4.78, 5) is 0. The fraction of sp³-hybridized carbons (Fsp3) is 0.538. The van der Waals surface area contributed by atoms with Crippen LogP contribution >= 0.6 is 0 Å². The molecule has 0 aliphatic rings. The normalized spacial score (nSPS) is 12.5. The van der Waals surface area contributed by atoms with Crippen LogP contribution in [0.15, 0.2) is 24.3 Å². The van der Waals surface area contributed by atoms with Crippen molar-refractivity contribution in [3.63, 3.8) is 0 Å². The van der Waals surface area contributed by atoms with Crippen molar-refractivity contribution in [3.05, 3.63) is 29.8 Å². The maximum Gasteiger partial charge on any atom is 0.123 e. The van der Waals surface area contributed by atoms with Gasteiger partial charge in [-0.05, 0) is 26.0 Å². The van der Waals surface area contributed by atoms with E-state index >= 15 is 0 Å². The molecule has 1 N–H and O–H groups in total. The van der Waals surface area contributed by atoms with Crippen LogP contribution in [0.4, 0.5) is 0 Å². The van der Waals surface area contributed by atoms with Crippen molar-refractivity contribution in [2.75, 3.05) is 13.7 Å². The molecule has 2 heteroatoms. The molecule has 1 atom stereocenters. The summed E-state index contributed by atoms with van der Waals surface area (Å²) < 4.78 is 5.33. The highest BCUT2D eigenvalue weighted by atomic mass is 16.5. The van der Waals surface area contributed by atoms with Gasteiger partial charge >= 0.3 is 0 Å². The first-order valence-corrected chi connectivity index (χ1v) is 5.66. The van der Waals surface area contributed by atoms with Crippen molar-refractivity contribution in [2.24, 2.45) is 0 Å². The lowest BCUT2D eigenvalue weighted by molar-refractivity contribution is 0.401. The van der Waals surface area contributed by atoms with Gasteiger partial charge in [-0.25, -0.2) is 0 Å². The fourth-order valence-corrected chi connectivity index (χ4v) is 1.63. The van der Waals surface area contributed by atoms with Crippen LogP contribution < -0.4 is 10.1 Å². The molecular formula is C13H21NO. The van der Waals surface area contributed by atoms with Crippen LogP contribution in [0.25, 0.3) is 0 Å². The van der Waals surface area contributed by atoms with Crippen LogP contribution in [-0.2, 0) is 0 Å². The molecule has 0 unspecified atom stereocenters. The number of para-hydroxylation sites is 1. The summed E-state index contributed by atoms with van der Waals surface area (Å²) in [5.41, 5.74) is 1.23. The molecule has 0 heterocycles. The molecule has 0 aromatic heterocycles. The van der Waals surface area contributed by atoms with Crippen LogP contribution in [0.3, 0.4) is 0 Å². The minimum absolute atomic E-state index is 0.354. The Bertz CT molecular complexity index is 286. The van der Waals surface area contributed by atoms with E-state index in [1.807, 2.05) is 12.1 Å². The SMILES string of the molecule is CCCCN[C@H](C)c1ccccc1OC. The van der Waals surface area contributed by atoms with Gasteiger partial charge in [0.1, 0.15) is 5.75 Å². The maximum atomic E-state index is 5.33. The maximum absolute atomic E-state index is 5.33. The lowest BCUT2D eigenvalue weighted by Crippen LogP contribution is -2.20. The van der Waals surface area contributed by atoms with Crippen LogP contribution in [0.1, 0.15) is 38.3 Å². The van der Waals surface area contributed by atoms with Gasteiger partial charge in [-0.15, -0.1) is 0 Å². The largest absolute Gasteiger partial charge is 0.496 e. The third kappa shape index (κ3) is 3.56. The Hall–Kier alpha value is -1.02. The first-order chi connectivity index (χ1) is 7.29. The van der Waals surface area contributed by atoms with E-state index in [-0.39, 0.29) is 0 Å². The number of ether oxygens (including phenoxy) is 1. The summed E-state index contributed by atoms with van der Waals surface area (Å²) in [7, 11) is 1.72. The molecule has 0 amide bonds. The van der Waals surface area contributed by atoms with Gasteiger partial charge in [-0.1, -0.05) is 31.5 Å². The Morgan fingerprint density at radius 2 is 2.07 bits per heavy atom. The Morgan fingerprint density at radius 3 is 2.73 bits per heavy atom. The number of methoxy groups -OCH3 is 1. The molecule has 0 aliphatic carbocycles. The Labute approximate surface area is 92.6 Å². The first kappa shape index (κ1) is 12.1. The van der Waals surface area contributed by atoms with Crippen LogP contribution in [-0.4, -0.2) is 13.7 Å². The molecule has 0 spiro atoms. The highest BCUT2D eigenvalue weighted by molar-refractivity contribution is 5.35. The van der Waals surface area contributed by atoms with E-state index in [0.717, 1.165) is 12.3 Å². The van der Waals surface area contributed by atoms with Gasteiger partial charge in [0, 0.05) is 11.6 Å². The molecule has 84 valence electrons. The van der Waals surface area contributed by atoms with Crippen molar-refractivity contribution in [1.29, 1.82) is 0 Å². The van der Waals surface area contributed by atoms with Crippen LogP contribution in [0.5, 0.6) is 5.75 Å². The highest BCUT2D eigenvalue weighted by Crippen LogP contribution is 2.23. The predicted molar refractivity (Wildman–Crippen MR) is 64.3 cm³/mol. The molecule has 0 bridgehead atoms. The van der Waals surface area contributed by atoms with E-state index in [9.17, 15) is 0 Å². The van der Waals surface area contributed by atoms with Crippen molar-refractivity contribution in [1.82, 2.24) is 5.32 Å². The quantitative estimate of drug-likeness (QED) is 0.723. The molecule has 0 fully saturated rings. The van der Waals surface area contributed by atoms with Crippen molar-refractivity contribution >= 4 is 0 Å². The average molecular weight is 207 g/mol. The topological polar surface area (TPSA) is 21.3 Å². The van der Waals surface area contributed by atoms with Gasteiger partial charge in [0.2, 0.25) is 0 Å². The zero-order valence-electron chi connectivity index (χ0n) is 9.92. The summed E-state index contributed by atoms with van der Waals surface area (Å²) in [5.74, 6) is 0.967. The average Bonchev–Trinajstić information content (AvgIpc) is 2.29. The number of rotatable bonds is 6. The second-order valence-electron chi connectivity index (χ2n) is 3.77. The zero-order valence-corrected chi connectivity index (χ0v) is 9.92. The summed E-state index contributed by atoms with van der Waals surface area (Å²) in [6, 6.07) is 8.53. The molecule has 15 heavy (non-hydrogen) atoms. The molecule has 0 aliphatic heterocycles. The van der Waals surface area contributed by atoms with Crippen molar-refractivity contribution < 1.29 is 4.74 Å². The second-order valence-corrected chi connectivity index (χ2v) is 3.77. The molecule has 1 aromatic carbocycles. The van der Waals surface area contributed by atoms with Gasteiger partial charge in [0.15, 0.2) is 0 Å². The first-order valence-electron chi connectivity index (χ1n) is 5.66. The minimum atomic E-state index is 0.354. The van der Waals surface area contributed by atoms with Crippen LogP contribution in [0, 0.1) is 0 Å². The Kier molecular flexibility index (Phi) is 5.19. The van der Waals surface area contributed by atoms with E-state index in [2.05, 4.69) is 31.3 Å². The Balaban J connectivity index is 2.59. The molecular weight excluding hydrogens is 186 g/mol.